The molecule has 5 heteroatoms. The number of phenolic OH excluding ortho intramolecular Hbond substituents is 1. The lowest BCUT2D eigenvalue weighted by Gasteiger charge is -2.11. The number of aromatic hydroxyl groups is 1. The summed E-state index contributed by atoms with van der Waals surface area (Å²) in [5, 5.41) is 18.2. The number of halogens is 2. The Hall–Kier alpha value is -0.0500. The summed E-state index contributed by atoms with van der Waals surface area (Å²) in [5.74, 6) is -0.576. The summed E-state index contributed by atoms with van der Waals surface area (Å²) in [7, 11) is 0. The lowest BCUT2D eigenvalue weighted by atomic mass is 9.98. The molecular weight excluding hydrogens is 422 g/mol. The predicted molar refractivity (Wildman–Crippen MR) is 74.2 cm³/mol. The number of carboxylic acids is 1. The van der Waals surface area contributed by atoms with Gasteiger partial charge in [0.05, 0.1) is 13.6 Å². The zero-order valence-corrected chi connectivity index (χ0v) is 12.3. The molecule has 0 fully saturated rings. The average molecular weight is 432 g/mol. The Bertz CT molecular complexity index is 367. The third-order valence-corrected chi connectivity index (χ3v) is 3.73. The maximum Gasteiger partial charge on any atom is 0.303 e. The first-order valence-corrected chi connectivity index (χ1v) is 6.47. The van der Waals surface area contributed by atoms with Gasteiger partial charge in [-0.2, -0.15) is 0 Å². The van der Waals surface area contributed by atoms with Crippen molar-refractivity contribution < 1.29 is 15.0 Å². The monoisotopic (exact) mass is 432 g/mol. The molecule has 0 bridgehead atoms. The van der Waals surface area contributed by atoms with Gasteiger partial charge in [0, 0.05) is 0 Å². The molecule has 0 aliphatic rings. The minimum Gasteiger partial charge on any atom is -0.506 e. The second kappa shape index (κ2) is 5.33. The van der Waals surface area contributed by atoms with Crippen molar-refractivity contribution in [3.63, 3.8) is 0 Å². The van der Waals surface area contributed by atoms with E-state index in [1.807, 2.05) is 64.2 Å². The van der Waals surface area contributed by atoms with Crippen LogP contribution in [-0.2, 0) is 4.79 Å². The van der Waals surface area contributed by atoms with E-state index in [1.54, 1.807) is 0 Å². The molecule has 0 saturated heterocycles. The lowest BCUT2D eigenvalue weighted by molar-refractivity contribution is -0.137. The fourth-order valence-corrected chi connectivity index (χ4v) is 3.07. The Balaban J connectivity index is 3.00. The first-order valence-electron chi connectivity index (χ1n) is 4.31. The second-order valence-electron chi connectivity index (χ2n) is 3.33. The summed E-state index contributed by atoms with van der Waals surface area (Å²) in [6.07, 6.45) is 0.108. The van der Waals surface area contributed by atoms with E-state index in [0.717, 1.165) is 12.7 Å². The SMILES string of the molecule is CC(CC(=O)O)c1cc(I)c(O)c(I)c1. The molecule has 15 heavy (non-hydrogen) atoms. The number of carbonyl (C=O) groups is 1. The molecule has 0 aliphatic heterocycles. The largest absolute Gasteiger partial charge is 0.506 e. The molecule has 0 aromatic heterocycles. The minimum absolute atomic E-state index is 0.0369. The summed E-state index contributed by atoms with van der Waals surface area (Å²) < 4.78 is 1.51. The molecule has 0 heterocycles. The summed E-state index contributed by atoms with van der Waals surface area (Å²) in [6.45, 7) is 1.87. The zero-order chi connectivity index (χ0) is 11.6. The highest BCUT2D eigenvalue weighted by molar-refractivity contribution is 14.1. The highest BCUT2D eigenvalue weighted by Crippen LogP contribution is 2.31. The Morgan fingerprint density at radius 3 is 2.27 bits per heavy atom. The van der Waals surface area contributed by atoms with Crippen molar-refractivity contribution in [2.45, 2.75) is 19.3 Å². The molecule has 0 amide bonds. The minimum atomic E-state index is -0.805. The van der Waals surface area contributed by atoms with Crippen LogP contribution in [0.3, 0.4) is 0 Å². The van der Waals surface area contributed by atoms with Gasteiger partial charge in [-0.1, -0.05) is 6.92 Å². The molecule has 1 unspecified atom stereocenters. The first-order chi connectivity index (χ1) is 6.91. The van der Waals surface area contributed by atoms with Crippen LogP contribution in [0.4, 0.5) is 0 Å². The maximum absolute atomic E-state index is 10.6. The summed E-state index contributed by atoms with van der Waals surface area (Å²) in [5.41, 5.74) is 0.948. The van der Waals surface area contributed by atoms with Crippen molar-refractivity contribution in [1.29, 1.82) is 0 Å². The van der Waals surface area contributed by atoms with Crippen molar-refractivity contribution >= 4 is 51.2 Å². The van der Waals surface area contributed by atoms with Gasteiger partial charge in [-0.15, -0.1) is 0 Å². The topological polar surface area (TPSA) is 57.5 Å². The Labute approximate surface area is 115 Å². The Morgan fingerprint density at radius 2 is 1.87 bits per heavy atom. The number of benzene rings is 1. The third kappa shape index (κ3) is 3.47. The van der Waals surface area contributed by atoms with Crippen LogP contribution in [0, 0.1) is 7.14 Å². The average Bonchev–Trinajstić information content (AvgIpc) is 2.12. The first kappa shape index (κ1) is 13.0. The molecule has 2 N–H and O–H groups in total. The van der Waals surface area contributed by atoms with Crippen molar-refractivity contribution in [3.05, 3.63) is 24.8 Å². The number of hydrogen-bond donors (Lipinski definition) is 2. The van der Waals surface area contributed by atoms with Crippen molar-refractivity contribution in [2.24, 2.45) is 0 Å². The van der Waals surface area contributed by atoms with Crippen molar-refractivity contribution in [1.82, 2.24) is 0 Å². The standard InChI is InChI=1S/C10H10I2O3/c1-5(2-9(13)14)6-3-7(11)10(15)8(12)4-6/h3-5,15H,2H2,1H3,(H,13,14). The summed E-state index contributed by atoms with van der Waals surface area (Å²) in [6, 6.07) is 3.65. The molecular formula is C10H10I2O3. The normalized spacial score (nSPS) is 12.5. The third-order valence-electron chi connectivity index (χ3n) is 2.09. The van der Waals surface area contributed by atoms with Gasteiger partial charge in [0.1, 0.15) is 5.75 Å². The smallest absolute Gasteiger partial charge is 0.303 e. The van der Waals surface area contributed by atoms with E-state index in [4.69, 9.17) is 5.11 Å². The van der Waals surface area contributed by atoms with E-state index in [9.17, 15) is 9.90 Å². The van der Waals surface area contributed by atoms with E-state index >= 15 is 0 Å². The van der Waals surface area contributed by atoms with Crippen molar-refractivity contribution in [3.8, 4) is 5.75 Å². The number of hydrogen-bond acceptors (Lipinski definition) is 2. The van der Waals surface area contributed by atoms with Gasteiger partial charge in [0.15, 0.2) is 0 Å². The van der Waals surface area contributed by atoms with Crippen LogP contribution in [0.25, 0.3) is 0 Å². The van der Waals surface area contributed by atoms with Crippen LogP contribution < -0.4 is 0 Å². The van der Waals surface area contributed by atoms with Gasteiger partial charge in [-0.25, -0.2) is 0 Å². The molecule has 0 spiro atoms. The Morgan fingerprint density at radius 1 is 1.40 bits per heavy atom. The van der Waals surface area contributed by atoms with E-state index < -0.39 is 5.97 Å². The van der Waals surface area contributed by atoms with E-state index in [-0.39, 0.29) is 18.1 Å². The number of phenols is 1. The molecule has 0 aliphatic carbocycles. The van der Waals surface area contributed by atoms with Crippen LogP contribution in [0.2, 0.25) is 0 Å². The fourth-order valence-electron chi connectivity index (χ4n) is 1.25. The van der Waals surface area contributed by atoms with Crippen LogP contribution in [0.5, 0.6) is 5.75 Å². The van der Waals surface area contributed by atoms with Crippen molar-refractivity contribution in [2.75, 3.05) is 0 Å². The van der Waals surface area contributed by atoms with Gasteiger partial charge < -0.3 is 10.2 Å². The van der Waals surface area contributed by atoms with Crippen LogP contribution in [0.1, 0.15) is 24.8 Å². The van der Waals surface area contributed by atoms with Gasteiger partial charge >= 0.3 is 5.97 Å². The second-order valence-corrected chi connectivity index (χ2v) is 5.66. The van der Waals surface area contributed by atoms with Gasteiger partial charge in [-0.3, -0.25) is 4.79 Å². The molecule has 0 saturated carbocycles. The number of carboxylic acid groups (broad SMARTS) is 1. The molecule has 1 rings (SSSR count). The van der Waals surface area contributed by atoms with Gasteiger partial charge in [0.25, 0.3) is 0 Å². The lowest BCUT2D eigenvalue weighted by Crippen LogP contribution is -2.03. The maximum atomic E-state index is 10.6. The number of aliphatic carboxylic acids is 1. The highest BCUT2D eigenvalue weighted by Gasteiger charge is 2.13. The van der Waals surface area contributed by atoms with Gasteiger partial charge in [0.2, 0.25) is 0 Å². The van der Waals surface area contributed by atoms with E-state index in [0.29, 0.717) is 0 Å². The molecule has 0 radical (unpaired) electrons. The molecule has 1 aromatic rings. The van der Waals surface area contributed by atoms with Crippen LogP contribution in [-0.4, -0.2) is 16.2 Å². The highest BCUT2D eigenvalue weighted by atomic mass is 127. The molecule has 1 atom stereocenters. The molecule has 82 valence electrons. The molecule has 3 nitrogen and oxygen atoms in total. The predicted octanol–water partition coefficient (Wildman–Crippen LogP) is 3.18. The quantitative estimate of drug-likeness (QED) is 0.722. The summed E-state index contributed by atoms with van der Waals surface area (Å²) >= 11 is 4.08. The Kier molecular flexibility index (Phi) is 4.63. The number of rotatable bonds is 3. The summed E-state index contributed by atoms with van der Waals surface area (Å²) in [4.78, 5) is 10.6. The zero-order valence-electron chi connectivity index (χ0n) is 8.00. The van der Waals surface area contributed by atoms with E-state index in [1.165, 1.54) is 0 Å². The molecule has 1 aromatic carbocycles. The fraction of sp³-hybridized carbons (Fsp3) is 0.300. The van der Waals surface area contributed by atoms with Crippen LogP contribution in [0.15, 0.2) is 12.1 Å². The van der Waals surface area contributed by atoms with Crippen LogP contribution >= 0.6 is 45.2 Å². The van der Waals surface area contributed by atoms with E-state index in [2.05, 4.69) is 0 Å². The van der Waals surface area contributed by atoms with Gasteiger partial charge in [-0.05, 0) is 68.8 Å².